The Morgan fingerprint density at radius 2 is 2.05 bits per heavy atom. The van der Waals surface area contributed by atoms with Crippen LogP contribution in [0.25, 0.3) is 0 Å². The molecule has 3 N–H and O–H groups in total. The van der Waals surface area contributed by atoms with Crippen molar-refractivity contribution in [3.63, 3.8) is 0 Å². The molecule has 0 aliphatic heterocycles. The predicted octanol–water partition coefficient (Wildman–Crippen LogP) is 0.745. The number of methoxy groups -OCH3 is 2. The molecule has 0 amide bonds. The summed E-state index contributed by atoms with van der Waals surface area (Å²) in [5.41, 5.74) is 4.27. The van der Waals surface area contributed by atoms with Gasteiger partial charge in [0.15, 0.2) is 0 Å². The number of hydrogen-bond acceptors (Lipinski definition) is 5. The van der Waals surface area contributed by atoms with Gasteiger partial charge < -0.3 is 20.3 Å². The molecule has 0 aliphatic rings. The second-order valence-electron chi connectivity index (χ2n) is 3.98. The molecule has 2 radical (unpaired) electrons. The summed E-state index contributed by atoms with van der Waals surface area (Å²) in [6.45, 7) is 0. The Morgan fingerprint density at radius 1 is 1.42 bits per heavy atom. The molecule has 0 saturated heterocycles. The Kier molecular flexibility index (Phi) is 5.61. The number of terminal acetylenes is 1. The maximum absolute atomic E-state index is 9.49. The summed E-state index contributed by atoms with van der Waals surface area (Å²) in [7, 11) is 8.50. The van der Waals surface area contributed by atoms with Crippen molar-refractivity contribution in [2.45, 2.75) is 16.9 Å². The number of nitrogens with two attached hydrogens (primary N) is 1. The van der Waals surface area contributed by atoms with Crippen molar-refractivity contribution in [3.8, 4) is 23.8 Å². The van der Waals surface area contributed by atoms with Gasteiger partial charge in [-0.15, -0.1) is 18.2 Å². The Morgan fingerprint density at radius 3 is 2.53 bits per heavy atom. The molecule has 0 aromatic heterocycles. The summed E-state index contributed by atoms with van der Waals surface area (Å²) >= 11 is 1.46. The molecule has 1 aromatic carbocycles. The molecule has 1 aromatic rings. The first-order valence-corrected chi connectivity index (χ1v) is 6.51. The minimum Gasteiger partial charge on any atom is -0.496 e. The molecule has 1 unspecified atom stereocenters. The van der Waals surface area contributed by atoms with Crippen LogP contribution in [0.5, 0.6) is 11.5 Å². The SMILES string of the molecule is [B]C(N)(O)Cc1cc(OC)c(SCC#C)cc1OC. The Balaban J connectivity index is 3.16. The predicted molar refractivity (Wildman–Crippen MR) is 77.7 cm³/mol. The molecule has 6 heteroatoms. The van der Waals surface area contributed by atoms with Crippen LogP contribution >= 0.6 is 11.8 Å². The minimum atomic E-state index is -1.80. The summed E-state index contributed by atoms with van der Waals surface area (Å²) in [6.07, 6.45) is 5.29. The minimum absolute atomic E-state index is 0.0482. The van der Waals surface area contributed by atoms with E-state index in [1.54, 1.807) is 19.2 Å². The van der Waals surface area contributed by atoms with E-state index < -0.39 is 5.62 Å². The van der Waals surface area contributed by atoms with Gasteiger partial charge in [-0.05, 0) is 12.1 Å². The highest BCUT2D eigenvalue weighted by Gasteiger charge is 2.19. The molecular weight excluding hydrogens is 261 g/mol. The standard InChI is InChI=1S/C13H16BNO3S/c1-4-5-19-12-7-10(17-2)9(6-11(12)18-3)8-13(14,15)16/h1,6-7,16H,5,8,15H2,2-3H3. The highest BCUT2D eigenvalue weighted by molar-refractivity contribution is 7.99. The molecular formula is C13H16BNO3S. The van der Waals surface area contributed by atoms with E-state index in [2.05, 4.69) is 5.92 Å². The van der Waals surface area contributed by atoms with Gasteiger partial charge in [0, 0.05) is 12.0 Å². The zero-order chi connectivity index (χ0) is 14.5. The van der Waals surface area contributed by atoms with E-state index in [9.17, 15) is 5.11 Å². The Hall–Kier alpha value is -1.29. The Bertz CT molecular complexity index is 480. The third kappa shape index (κ3) is 4.71. The fourth-order valence-electron chi connectivity index (χ4n) is 1.61. The molecule has 4 nitrogen and oxygen atoms in total. The van der Waals surface area contributed by atoms with Crippen molar-refractivity contribution < 1.29 is 14.6 Å². The van der Waals surface area contributed by atoms with Crippen molar-refractivity contribution >= 4 is 19.6 Å². The van der Waals surface area contributed by atoms with Gasteiger partial charge in [0.05, 0.1) is 30.5 Å². The molecule has 0 saturated carbocycles. The van der Waals surface area contributed by atoms with Crippen LogP contribution in [0, 0.1) is 12.3 Å². The molecule has 1 atom stereocenters. The first-order valence-electron chi connectivity index (χ1n) is 5.52. The van der Waals surface area contributed by atoms with Crippen LogP contribution in [0.15, 0.2) is 17.0 Å². The largest absolute Gasteiger partial charge is 0.496 e. The topological polar surface area (TPSA) is 64.7 Å². The second kappa shape index (κ2) is 6.76. The van der Waals surface area contributed by atoms with Gasteiger partial charge in [0.2, 0.25) is 0 Å². The lowest BCUT2D eigenvalue weighted by molar-refractivity contribution is 0.135. The quantitative estimate of drug-likeness (QED) is 0.347. The fraction of sp³-hybridized carbons (Fsp3) is 0.385. The van der Waals surface area contributed by atoms with E-state index in [0.717, 1.165) is 4.90 Å². The van der Waals surface area contributed by atoms with E-state index in [0.29, 0.717) is 22.8 Å². The fourth-order valence-corrected chi connectivity index (χ4v) is 2.32. The molecule has 0 aliphatic carbocycles. The zero-order valence-corrected chi connectivity index (χ0v) is 11.8. The van der Waals surface area contributed by atoms with E-state index in [4.69, 9.17) is 29.5 Å². The summed E-state index contributed by atoms with van der Waals surface area (Å²) in [4.78, 5) is 0.860. The van der Waals surface area contributed by atoms with Crippen molar-refractivity contribution in [2.24, 2.45) is 5.73 Å². The highest BCUT2D eigenvalue weighted by atomic mass is 32.2. The van der Waals surface area contributed by atoms with Gasteiger partial charge in [-0.1, -0.05) is 5.92 Å². The smallest absolute Gasteiger partial charge is 0.135 e. The molecule has 0 heterocycles. The summed E-state index contributed by atoms with van der Waals surface area (Å²) < 4.78 is 10.6. The molecule has 0 spiro atoms. The number of ether oxygens (including phenoxy) is 2. The van der Waals surface area contributed by atoms with E-state index in [1.807, 2.05) is 0 Å². The van der Waals surface area contributed by atoms with Gasteiger partial charge in [0.25, 0.3) is 0 Å². The van der Waals surface area contributed by atoms with Crippen LogP contribution in [0.3, 0.4) is 0 Å². The van der Waals surface area contributed by atoms with Crippen molar-refractivity contribution in [3.05, 3.63) is 17.7 Å². The number of rotatable bonds is 6. The molecule has 1 rings (SSSR count). The van der Waals surface area contributed by atoms with Gasteiger partial charge in [0.1, 0.15) is 19.3 Å². The van der Waals surface area contributed by atoms with E-state index >= 15 is 0 Å². The average molecular weight is 277 g/mol. The number of benzene rings is 1. The lowest BCUT2D eigenvalue weighted by Gasteiger charge is -2.21. The molecule has 0 fully saturated rings. The third-order valence-corrected chi connectivity index (χ3v) is 3.29. The first kappa shape index (κ1) is 15.8. The maximum atomic E-state index is 9.49. The molecule has 19 heavy (non-hydrogen) atoms. The number of aliphatic hydroxyl groups is 1. The van der Waals surface area contributed by atoms with Crippen molar-refractivity contribution in [1.82, 2.24) is 0 Å². The summed E-state index contributed by atoms with van der Waals surface area (Å²) in [5.74, 6) is 4.29. The normalized spacial score (nSPS) is 13.4. The van der Waals surface area contributed by atoms with Crippen LogP contribution in [0.1, 0.15) is 5.56 Å². The van der Waals surface area contributed by atoms with Gasteiger partial charge in [-0.2, -0.15) is 0 Å². The van der Waals surface area contributed by atoms with Gasteiger partial charge in [-0.25, -0.2) is 0 Å². The van der Waals surface area contributed by atoms with E-state index in [-0.39, 0.29) is 6.42 Å². The highest BCUT2D eigenvalue weighted by Crippen LogP contribution is 2.36. The van der Waals surface area contributed by atoms with Crippen LogP contribution in [-0.2, 0) is 6.42 Å². The maximum Gasteiger partial charge on any atom is 0.135 e. The first-order chi connectivity index (χ1) is 8.91. The van der Waals surface area contributed by atoms with Crippen LogP contribution < -0.4 is 15.2 Å². The van der Waals surface area contributed by atoms with Crippen molar-refractivity contribution in [1.29, 1.82) is 0 Å². The van der Waals surface area contributed by atoms with Crippen LogP contribution in [-0.4, -0.2) is 38.5 Å². The molecule has 100 valence electrons. The lowest BCUT2D eigenvalue weighted by atomic mass is 9.85. The van der Waals surface area contributed by atoms with E-state index in [1.165, 1.54) is 18.9 Å². The van der Waals surface area contributed by atoms with Gasteiger partial charge >= 0.3 is 0 Å². The molecule has 0 bridgehead atoms. The van der Waals surface area contributed by atoms with Crippen molar-refractivity contribution in [2.75, 3.05) is 20.0 Å². The average Bonchev–Trinajstić information content (AvgIpc) is 2.34. The monoisotopic (exact) mass is 277 g/mol. The number of thioether (sulfide) groups is 1. The number of hydrogen-bond donors (Lipinski definition) is 2. The van der Waals surface area contributed by atoms with Crippen LogP contribution in [0.2, 0.25) is 0 Å². The summed E-state index contributed by atoms with van der Waals surface area (Å²) in [6, 6.07) is 3.53. The van der Waals surface area contributed by atoms with Gasteiger partial charge in [-0.3, -0.25) is 0 Å². The summed E-state index contributed by atoms with van der Waals surface area (Å²) in [5, 5.41) is 9.49. The zero-order valence-electron chi connectivity index (χ0n) is 11.0. The lowest BCUT2D eigenvalue weighted by Crippen LogP contribution is -2.42. The second-order valence-corrected chi connectivity index (χ2v) is 4.99. The third-order valence-electron chi connectivity index (χ3n) is 2.35. The Labute approximate surface area is 119 Å². The van der Waals surface area contributed by atoms with Crippen LogP contribution in [0.4, 0.5) is 0 Å².